The number of hydrogen-bond acceptors (Lipinski definition) is 4. The summed E-state index contributed by atoms with van der Waals surface area (Å²) in [6, 6.07) is 10.3. The summed E-state index contributed by atoms with van der Waals surface area (Å²) < 4.78 is 7.15. The first-order chi connectivity index (χ1) is 10.3. The van der Waals surface area contributed by atoms with Crippen molar-refractivity contribution in [2.45, 2.75) is 13.2 Å². The zero-order chi connectivity index (χ0) is 14.7. The van der Waals surface area contributed by atoms with Gasteiger partial charge in [-0.2, -0.15) is 0 Å². The molecule has 0 saturated heterocycles. The van der Waals surface area contributed by atoms with Crippen LogP contribution in [0.4, 0.5) is 5.82 Å². The fourth-order valence-corrected chi connectivity index (χ4v) is 2.37. The van der Waals surface area contributed by atoms with Crippen molar-refractivity contribution in [3.8, 4) is 0 Å². The number of nitrogens with one attached hydrogen (secondary N) is 1. The van der Waals surface area contributed by atoms with E-state index in [1.54, 1.807) is 19.6 Å². The van der Waals surface area contributed by atoms with Gasteiger partial charge in [-0.1, -0.05) is 24.3 Å². The summed E-state index contributed by atoms with van der Waals surface area (Å²) >= 11 is 0. The van der Waals surface area contributed by atoms with Crippen molar-refractivity contribution in [1.82, 2.24) is 14.5 Å². The summed E-state index contributed by atoms with van der Waals surface area (Å²) in [6.45, 7) is 1.34. The van der Waals surface area contributed by atoms with Crippen LogP contribution in [0.3, 0.4) is 0 Å². The SMILES string of the molecule is COCc1cccc(CNc2nccc3c2ncn3C)c1. The van der Waals surface area contributed by atoms with Crippen LogP contribution in [-0.2, 0) is 24.9 Å². The first-order valence-corrected chi connectivity index (χ1v) is 6.84. The van der Waals surface area contributed by atoms with Crippen LogP contribution in [0, 0.1) is 0 Å². The molecule has 0 aliphatic rings. The van der Waals surface area contributed by atoms with Gasteiger partial charge in [0.2, 0.25) is 0 Å². The minimum atomic E-state index is 0.627. The van der Waals surface area contributed by atoms with E-state index in [1.807, 2.05) is 23.7 Å². The number of pyridine rings is 1. The van der Waals surface area contributed by atoms with E-state index in [4.69, 9.17) is 4.74 Å². The molecule has 0 atom stereocenters. The molecule has 5 heteroatoms. The Morgan fingerprint density at radius 1 is 1.19 bits per heavy atom. The van der Waals surface area contributed by atoms with Gasteiger partial charge in [0.1, 0.15) is 5.52 Å². The van der Waals surface area contributed by atoms with Gasteiger partial charge in [-0.05, 0) is 17.2 Å². The number of rotatable bonds is 5. The van der Waals surface area contributed by atoms with E-state index in [0.717, 1.165) is 16.9 Å². The lowest BCUT2D eigenvalue weighted by Gasteiger charge is -2.08. The number of imidazole rings is 1. The van der Waals surface area contributed by atoms with E-state index in [2.05, 4.69) is 33.5 Å². The molecule has 1 N–H and O–H groups in total. The normalized spacial score (nSPS) is 11.0. The van der Waals surface area contributed by atoms with E-state index in [0.29, 0.717) is 13.2 Å². The van der Waals surface area contributed by atoms with E-state index >= 15 is 0 Å². The van der Waals surface area contributed by atoms with Crippen molar-refractivity contribution in [3.63, 3.8) is 0 Å². The summed E-state index contributed by atoms with van der Waals surface area (Å²) in [5.41, 5.74) is 4.33. The van der Waals surface area contributed by atoms with Crippen LogP contribution in [0.25, 0.3) is 11.0 Å². The Labute approximate surface area is 123 Å². The number of fused-ring (bicyclic) bond motifs is 1. The number of methoxy groups -OCH3 is 1. The fourth-order valence-electron chi connectivity index (χ4n) is 2.37. The lowest BCUT2D eigenvalue weighted by molar-refractivity contribution is 0.185. The summed E-state index contributed by atoms with van der Waals surface area (Å²) in [6.07, 6.45) is 3.60. The van der Waals surface area contributed by atoms with E-state index < -0.39 is 0 Å². The predicted octanol–water partition coefficient (Wildman–Crippen LogP) is 2.73. The molecule has 1 aromatic carbocycles. The number of aryl methyl sites for hydroxylation is 1. The minimum absolute atomic E-state index is 0.627. The minimum Gasteiger partial charge on any atom is -0.380 e. The van der Waals surface area contributed by atoms with Gasteiger partial charge in [0, 0.05) is 26.9 Å². The molecule has 0 bridgehead atoms. The Morgan fingerprint density at radius 3 is 2.90 bits per heavy atom. The molecule has 0 saturated carbocycles. The highest BCUT2D eigenvalue weighted by atomic mass is 16.5. The second kappa shape index (κ2) is 5.93. The Bertz CT molecular complexity index is 751. The maximum atomic E-state index is 5.16. The van der Waals surface area contributed by atoms with Crippen LogP contribution in [0.1, 0.15) is 11.1 Å². The number of ether oxygens (including phenoxy) is 1. The number of anilines is 1. The van der Waals surface area contributed by atoms with Gasteiger partial charge in [-0.3, -0.25) is 0 Å². The monoisotopic (exact) mass is 282 g/mol. The van der Waals surface area contributed by atoms with Crippen LogP contribution in [0.5, 0.6) is 0 Å². The van der Waals surface area contributed by atoms with Crippen LogP contribution >= 0.6 is 0 Å². The molecule has 0 amide bonds. The average molecular weight is 282 g/mol. The van der Waals surface area contributed by atoms with Crippen molar-refractivity contribution < 1.29 is 4.74 Å². The van der Waals surface area contributed by atoms with Gasteiger partial charge < -0.3 is 14.6 Å². The molecule has 0 aliphatic heterocycles. The highest BCUT2D eigenvalue weighted by Crippen LogP contribution is 2.19. The van der Waals surface area contributed by atoms with Gasteiger partial charge in [-0.15, -0.1) is 0 Å². The lowest BCUT2D eigenvalue weighted by Crippen LogP contribution is -2.02. The second-order valence-electron chi connectivity index (χ2n) is 4.99. The third kappa shape index (κ3) is 2.87. The third-order valence-corrected chi connectivity index (χ3v) is 3.41. The Morgan fingerprint density at radius 2 is 2.05 bits per heavy atom. The maximum absolute atomic E-state index is 5.16. The quantitative estimate of drug-likeness (QED) is 0.781. The Balaban J connectivity index is 1.79. The topological polar surface area (TPSA) is 52.0 Å². The molecule has 0 unspecified atom stereocenters. The number of hydrogen-bond donors (Lipinski definition) is 1. The predicted molar refractivity (Wildman–Crippen MR) is 83.0 cm³/mol. The number of nitrogens with zero attached hydrogens (tertiary/aromatic N) is 3. The largest absolute Gasteiger partial charge is 0.380 e. The number of aromatic nitrogens is 3. The molecule has 0 spiro atoms. The maximum Gasteiger partial charge on any atom is 0.154 e. The third-order valence-electron chi connectivity index (χ3n) is 3.41. The first kappa shape index (κ1) is 13.6. The van der Waals surface area contributed by atoms with Crippen molar-refractivity contribution in [2.24, 2.45) is 7.05 Å². The van der Waals surface area contributed by atoms with Gasteiger partial charge in [0.15, 0.2) is 5.82 Å². The molecule has 0 fully saturated rings. The van der Waals surface area contributed by atoms with E-state index in [9.17, 15) is 0 Å². The summed E-state index contributed by atoms with van der Waals surface area (Å²) in [5, 5.41) is 3.36. The molecule has 2 aromatic heterocycles. The van der Waals surface area contributed by atoms with E-state index in [-0.39, 0.29) is 0 Å². The molecule has 5 nitrogen and oxygen atoms in total. The lowest BCUT2D eigenvalue weighted by atomic mass is 10.1. The zero-order valence-electron chi connectivity index (χ0n) is 12.2. The fraction of sp³-hybridized carbons (Fsp3) is 0.250. The van der Waals surface area contributed by atoms with Crippen LogP contribution in [-0.4, -0.2) is 21.6 Å². The highest BCUT2D eigenvalue weighted by molar-refractivity contribution is 5.85. The zero-order valence-corrected chi connectivity index (χ0v) is 12.2. The Kier molecular flexibility index (Phi) is 3.83. The molecule has 0 aliphatic carbocycles. The van der Waals surface area contributed by atoms with Crippen LogP contribution < -0.4 is 5.32 Å². The van der Waals surface area contributed by atoms with Crippen molar-refractivity contribution >= 4 is 16.9 Å². The molecule has 21 heavy (non-hydrogen) atoms. The van der Waals surface area contributed by atoms with Crippen molar-refractivity contribution in [2.75, 3.05) is 12.4 Å². The van der Waals surface area contributed by atoms with Crippen molar-refractivity contribution in [3.05, 3.63) is 54.0 Å². The summed E-state index contributed by atoms with van der Waals surface area (Å²) in [5.74, 6) is 0.810. The molecule has 3 aromatic rings. The summed E-state index contributed by atoms with van der Waals surface area (Å²) in [4.78, 5) is 8.78. The standard InChI is InChI=1S/C16H18N4O/c1-20-11-19-15-14(20)6-7-17-16(15)18-9-12-4-3-5-13(8-12)10-21-2/h3-8,11H,9-10H2,1-2H3,(H,17,18). The first-order valence-electron chi connectivity index (χ1n) is 6.84. The van der Waals surface area contributed by atoms with Gasteiger partial charge in [-0.25, -0.2) is 9.97 Å². The van der Waals surface area contributed by atoms with Crippen LogP contribution in [0.15, 0.2) is 42.9 Å². The van der Waals surface area contributed by atoms with E-state index in [1.165, 1.54) is 11.1 Å². The Hall–Kier alpha value is -2.40. The molecule has 0 radical (unpaired) electrons. The van der Waals surface area contributed by atoms with Gasteiger partial charge in [0.25, 0.3) is 0 Å². The molecular formula is C16H18N4O. The highest BCUT2D eigenvalue weighted by Gasteiger charge is 2.06. The average Bonchev–Trinajstić information content (AvgIpc) is 2.88. The molecule has 108 valence electrons. The molecule has 3 rings (SSSR count). The smallest absolute Gasteiger partial charge is 0.154 e. The summed E-state index contributed by atoms with van der Waals surface area (Å²) in [7, 11) is 3.68. The van der Waals surface area contributed by atoms with Crippen LogP contribution in [0.2, 0.25) is 0 Å². The van der Waals surface area contributed by atoms with Crippen molar-refractivity contribution in [1.29, 1.82) is 0 Å². The second-order valence-corrected chi connectivity index (χ2v) is 4.99. The molecule has 2 heterocycles. The van der Waals surface area contributed by atoms with Gasteiger partial charge in [0.05, 0.1) is 18.5 Å². The number of benzene rings is 1. The van der Waals surface area contributed by atoms with Gasteiger partial charge >= 0.3 is 0 Å². The molecular weight excluding hydrogens is 264 g/mol.